The number of hydrogen-bond acceptors (Lipinski definition) is 8. The summed E-state index contributed by atoms with van der Waals surface area (Å²) in [6.45, 7) is 4.22. The maximum absolute atomic E-state index is 13.0. The summed E-state index contributed by atoms with van der Waals surface area (Å²) >= 11 is 0. The van der Waals surface area contributed by atoms with Gasteiger partial charge in [-0.1, -0.05) is 48.5 Å². The molecule has 9 heteroatoms. The molecule has 35 heavy (non-hydrogen) atoms. The van der Waals surface area contributed by atoms with Crippen LogP contribution in [0.15, 0.2) is 71.6 Å². The first-order valence-corrected chi connectivity index (χ1v) is 13.3. The number of nitrogens with one attached hydrogen (secondary N) is 1. The van der Waals surface area contributed by atoms with E-state index >= 15 is 0 Å². The van der Waals surface area contributed by atoms with Crippen molar-refractivity contribution in [1.82, 2.24) is 15.6 Å². The first-order chi connectivity index (χ1) is 17.0. The van der Waals surface area contributed by atoms with Crippen LogP contribution in [0.25, 0.3) is 10.8 Å². The molecule has 188 valence electrons. The van der Waals surface area contributed by atoms with E-state index in [9.17, 15) is 8.42 Å². The third-order valence-electron chi connectivity index (χ3n) is 5.89. The highest BCUT2D eigenvalue weighted by Gasteiger charge is 2.29. The van der Waals surface area contributed by atoms with Gasteiger partial charge in [0.05, 0.1) is 18.1 Å². The molecule has 4 rings (SSSR count). The van der Waals surface area contributed by atoms with E-state index in [2.05, 4.69) is 5.43 Å². The molecule has 0 saturated carbocycles. The fourth-order valence-corrected chi connectivity index (χ4v) is 5.31. The Morgan fingerprint density at radius 3 is 2.60 bits per heavy atom. The van der Waals surface area contributed by atoms with Crippen LogP contribution in [-0.2, 0) is 25.5 Å². The molecule has 0 aromatic heterocycles. The zero-order valence-electron chi connectivity index (χ0n) is 20.2. The molecule has 3 aromatic carbocycles. The Hall–Kier alpha value is -2.53. The van der Waals surface area contributed by atoms with Gasteiger partial charge in [0.2, 0.25) is 0 Å². The van der Waals surface area contributed by atoms with Crippen LogP contribution in [0, 0.1) is 0 Å². The van der Waals surface area contributed by atoms with E-state index in [0.717, 1.165) is 28.6 Å². The summed E-state index contributed by atoms with van der Waals surface area (Å²) in [6, 6.07) is 21.0. The van der Waals surface area contributed by atoms with Gasteiger partial charge >= 0.3 is 0 Å². The molecule has 1 aliphatic heterocycles. The van der Waals surface area contributed by atoms with Crippen molar-refractivity contribution in [2.24, 2.45) is 0 Å². The predicted molar refractivity (Wildman–Crippen MR) is 135 cm³/mol. The average Bonchev–Trinajstić information content (AvgIpc) is 3.21. The normalized spacial score (nSPS) is 17.3. The Labute approximate surface area is 207 Å². The van der Waals surface area contributed by atoms with Gasteiger partial charge in [-0.05, 0) is 47.9 Å². The van der Waals surface area contributed by atoms with E-state index in [1.807, 2.05) is 78.7 Å². The number of hydrogen-bond donors (Lipinski definition) is 1. The fraction of sp³-hybridized carbons (Fsp3) is 0.385. The lowest BCUT2D eigenvalue weighted by Crippen LogP contribution is -2.40. The van der Waals surface area contributed by atoms with Crippen molar-refractivity contribution in [3.05, 3.63) is 72.3 Å². The summed E-state index contributed by atoms with van der Waals surface area (Å²) in [7, 11) is -1.96. The third-order valence-corrected chi connectivity index (χ3v) is 7.31. The summed E-state index contributed by atoms with van der Waals surface area (Å²) in [5.41, 5.74) is 4.08. The minimum Gasteiger partial charge on any atom is -0.493 e. The topological polar surface area (TPSA) is 80.3 Å². The number of ether oxygens (including phenoxy) is 2. The maximum Gasteiger partial charge on any atom is 0.297 e. The van der Waals surface area contributed by atoms with Crippen LogP contribution in [-0.4, -0.2) is 64.7 Å². The van der Waals surface area contributed by atoms with Crippen LogP contribution in [0.5, 0.6) is 5.75 Å². The third kappa shape index (κ3) is 6.78. The Morgan fingerprint density at radius 2 is 1.77 bits per heavy atom. The molecule has 1 aliphatic rings. The minimum absolute atomic E-state index is 0.0524. The summed E-state index contributed by atoms with van der Waals surface area (Å²) in [5.74, 6) is 0.754. The van der Waals surface area contributed by atoms with Gasteiger partial charge in [-0.15, -0.1) is 0 Å². The van der Waals surface area contributed by atoms with Crippen molar-refractivity contribution >= 4 is 20.9 Å². The smallest absolute Gasteiger partial charge is 0.297 e. The molecule has 0 radical (unpaired) electrons. The largest absolute Gasteiger partial charge is 0.493 e. The van der Waals surface area contributed by atoms with Crippen molar-refractivity contribution in [2.75, 3.05) is 40.1 Å². The molecule has 1 unspecified atom stereocenters. The van der Waals surface area contributed by atoms with Gasteiger partial charge in [0.25, 0.3) is 10.1 Å². The first-order valence-electron chi connectivity index (χ1n) is 11.9. The Morgan fingerprint density at radius 1 is 1.00 bits per heavy atom. The Bertz CT molecular complexity index is 1220. The van der Waals surface area contributed by atoms with Crippen molar-refractivity contribution in [1.29, 1.82) is 0 Å². The average molecular weight is 500 g/mol. The van der Waals surface area contributed by atoms with Crippen LogP contribution in [0.4, 0.5) is 0 Å². The predicted octanol–water partition coefficient (Wildman–Crippen LogP) is 3.59. The monoisotopic (exact) mass is 499 g/mol. The SMILES string of the molecule is CCOCN1CC(Cc2ccccc2S(=O)(=O)OCCCOc2ccc3ccccc3c2)NN1C. The number of benzene rings is 3. The summed E-state index contributed by atoms with van der Waals surface area (Å²) < 4.78 is 42.5. The van der Waals surface area contributed by atoms with Crippen molar-refractivity contribution in [2.45, 2.75) is 30.7 Å². The lowest BCUT2D eigenvalue weighted by molar-refractivity contribution is -0.0757. The molecular formula is C26H33N3O5S. The second-order valence-electron chi connectivity index (χ2n) is 8.46. The number of hydrazine groups is 2. The Kier molecular flexibility index (Phi) is 8.72. The van der Waals surface area contributed by atoms with Crippen LogP contribution in [0.3, 0.4) is 0 Å². The lowest BCUT2D eigenvalue weighted by Gasteiger charge is -2.21. The first kappa shape index (κ1) is 25.6. The second-order valence-corrected chi connectivity index (χ2v) is 10.0. The van der Waals surface area contributed by atoms with E-state index in [1.165, 1.54) is 0 Å². The van der Waals surface area contributed by atoms with Crippen molar-refractivity contribution in [3.63, 3.8) is 0 Å². The number of fused-ring (bicyclic) bond motifs is 1. The summed E-state index contributed by atoms with van der Waals surface area (Å²) in [6.07, 6.45) is 1.01. The van der Waals surface area contributed by atoms with Crippen LogP contribution in [0.1, 0.15) is 18.9 Å². The Balaban J connectivity index is 1.29. The molecular weight excluding hydrogens is 466 g/mol. The highest BCUT2D eigenvalue weighted by molar-refractivity contribution is 7.86. The zero-order valence-corrected chi connectivity index (χ0v) is 21.0. The molecule has 1 atom stereocenters. The molecule has 1 N–H and O–H groups in total. The highest BCUT2D eigenvalue weighted by atomic mass is 32.2. The molecule has 0 amide bonds. The van der Waals surface area contributed by atoms with Gasteiger partial charge in [0.15, 0.2) is 0 Å². The maximum atomic E-state index is 13.0. The highest BCUT2D eigenvalue weighted by Crippen LogP contribution is 2.22. The molecule has 0 aliphatic carbocycles. The lowest BCUT2D eigenvalue weighted by atomic mass is 10.1. The second kappa shape index (κ2) is 11.9. The molecule has 3 aromatic rings. The summed E-state index contributed by atoms with van der Waals surface area (Å²) in [5, 5.41) is 6.18. The molecule has 1 heterocycles. The number of nitrogens with zero attached hydrogens (tertiary/aromatic N) is 2. The molecule has 0 bridgehead atoms. The zero-order chi connectivity index (χ0) is 24.7. The van der Waals surface area contributed by atoms with Crippen molar-refractivity contribution < 1.29 is 22.1 Å². The molecule has 0 spiro atoms. The van der Waals surface area contributed by atoms with E-state index in [4.69, 9.17) is 13.7 Å². The van der Waals surface area contributed by atoms with Gasteiger partial charge in [-0.3, -0.25) is 4.18 Å². The standard InChI is InChI=1S/C26H33N3O5S/c1-3-32-20-29-19-24(27-28(29)2)17-23-11-6-7-12-26(23)35(30,31)34-16-8-15-33-25-14-13-21-9-4-5-10-22(21)18-25/h4-7,9-14,18,24,27H,3,8,15-17,19-20H2,1-2H3. The fourth-order valence-electron chi connectivity index (χ4n) is 4.13. The number of rotatable bonds is 12. The summed E-state index contributed by atoms with van der Waals surface area (Å²) in [4.78, 5) is 0.211. The molecule has 1 fully saturated rings. The van der Waals surface area contributed by atoms with E-state index in [-0.39, 0.29) is 17.5 Å². The van der Waals surface area contributed by atoms with E-state index < -0.39 is 10.1 Å². The van der Waals surface area contributed by atoms with Gasteiger partial charge in [-0.25, -0.2) is 10.4 Å². The van der Waals surface area contributed by atoms with E-state index in [1.54, 1.807) is 12.1 Å². The van der Waals surface area contributed by atoms with Crippen LogP contribution >= 0.6 is 0 Å². The molecule has 8 nitrogen and oxygen atoms in total. The van der Waals surface area contributed by atoms with Gasteiger partial charge in [0.1, 0.15) is 12.5 Å². The van der Waals surface area contributed by atoms with Gasteiger partial charge < -0.3 is 9.47 Å². The quantitative estimate of drug-likeness (QED) is 0.299. The molecule has 1 saturated heterocycles. The van der Waals surface area contributed by atoms with Gasteiger partial charge in [-0.2, -0.15) is 13.5 Å². The van der Waals surface area contributed by atoms with Crippen LogP contribution in [0.2, 0.25) is 0 Å². The minimum atomic E-state index is -3.88. The van der Waals surface area contributed by atoms with Gasteiger partial charge in [0, 0.05) is 32.7 Å². The van der Waals surface area contributed by atoms with E-state index in [0.29, 0.717) is 32.8 Å². The van der Waals surface area contributed by atoms with Crippen molar-refractivity contribution in [3.8, 4) is 5.75 Å². The van der Waals surface area contributed by atoms with Crippen LogP contribution < -0.4 is 10.2 Å².